The van der Waals surface area contributed by atoms with Crippen molar-refractivity contribution >= 4 is 40.9 Å². The van der Waals surface area contributed by atoms with Gasteiger partial charge in [-0.3, -0.25) is 9.36 Å². The molecule has 1 saturated heterocycles. The number of fused-ring (bicyclic) bond motifs is 1. The molecular weight excluding hydrogens is 506 g/mol. The topological polar surface area (TPSA) is 95.5 Å². The molecule has 1 fully saturated rings. The number of ether oxygens (including phenoxy) is 3. The van der Waals surface area contributed by atoms with Crippen LogP contribution in [0.15, 0.2) is 55.8 Å². The van der Waals surface area contributed by atoms with Crippen LogP contribution in [0.4, 0.5) is 5.88 Å². The smallest absolute Gasteiger partial charge is 0.338 e. The summed E-state index contributed by atoms with van der Waals surface area (Å²) in [6.07, 6.45) is 1.69. The number of thiazole rings is 1. The molecule has 1 atom stereocenters. The lowest BCUT2D eigenvalue weighted by molar-refractivity contribution is -0.136. The van der Waals surface area contributed by atoms with E-state index in [2.05, 4.69) is 9.89 Å². The molecule has 2 aromatic heterocycles. The average molecular weight is 530 g/mol. The predicted octanol–water partition coefficient (Wildman–Crippen LogP) is 2.50. The Morgan fingerprint density at radius 3 is 2.72 bits per heavy atom. The van der Waals surface area contributed by atoms with Crippen LogP contribution in [0.2, 0.25) is 5.02 Å². The maximum Gasteiger partial charge on any atom is 0.338 e. The minimum absolute atomic E-state index is 0.240. The molecule has 4 heterocycles. The van der Waals surface area contributed by atoms with Gasteiger partial charge in [0.1, 0.15) is 17.6 Å². The van der Waals surface area contributed by atoms with E-state index in [0.29, 0.717) is 50.3 Å². The summed E-state index contributed by atoms with van der Waals surface area (Å²) in [6.45, 7) is 4.49. The number of methoxy groups -OCH3 is 2. The van der Waals surface area contributed by atoms with Crippen molar-refractivity contribution in [1.82, 2.24) is 4.57 Å². The van der Waals surface area contributed by atoms with Crippen molar-refractivity contribution < 1.29 is 23.4 Å². The first-order valence-corrected chi connectivity index (χ1v) is 12.5. The lowest BCUT2D eigenvalue weighted by Gasteiger charge is -2.26. The number of rotatable bonds is 5. The molecule has 11 heteroatoms. The number of aromatic nitrogens is 1. The molecule has 188 valence electrons. The van der Waals surface area contributed by atoms with Gasteiger partial charge in [0.2, 0.25) is 0 Å². The number of halogens is 1. The monoisotopic (exact) mass is 529 g/mol. The second-order valence-corrected chi connectivity index (χ2v) is 9.68. The zero-order valence-corrected chi connectivity index (χ0v) is 21.5. The Bertz CT molecular complexity index is 1530. The molecule has 0 unspecified atom stereocenters. The van der Waals surface area contributed by atoms with Crippen molar-refractivity contribution in [3.8, 4) is 5.75 Å². The largest absolute Gasteiger partial charge is 0.496 e. The molecular formula is C25H24ClN3O6S. The molecule has 0 bridgehead atoms. The lowest BCUT2D eigenvalue weighted by atomic mass is 9.95. The van der Waals surface area contributed by atoms with Crippen LogP contribution in [0.1, 0.15) is 24.3 Å². The van der Waals surface area contributed by atoms with Gasteiger partial charge >= 0.3 is 5.97 Å². The molecule has 0 radical (unpaired) electrons. The third kappa shape index (κ3) is 4.36. The number of esters is 1. The lowest BCUT2D eigenvalue weighted by Crippen LogP contribution is -2.40. The first-order chi connectivity index (χ1) is 17.4. The molecule has 3 aromatic rings. The molecule has 0 N–H and O–H groups in total. The van der Waals surface area contributed by atoms with Crippen LogP contribution in [0.25, 0.3) is 6.08 Å². The maximum atomic E-state index is 13.7. The third-order valence-electron chi connectivity index (χ3n) is 6.12. The Hall–Kier alpha value is -3.34. The number of hydrogen-bond acceptors (Lipinski definition) is 9. The normalized spacial score (nSPS) is 18.2. The fourth-order valence-corrected chi connectivity index (χ4v) is 5.62. The van der Waals surface area contributed by atoms with Crippen LogP contribution < -0.4 is 24.5 Å². The van der Waals surface area contributed by atoms with E-state index in [0.717, 1.165) is 19.0 Å². The van der Waals surface area contributed by atoms with Crippen molar-refractivity contribution in [2.24, 2.45) is 4.99 Å². The Morgan fingerprint density at radius 2 is 2.00 bits per heavy atom. The first-order valence-electron chi connectivity index (χ1n) is 11.3. The highest BCUT2D eigenvalue weighted by molar-refractivity contribution is 7.07. The summed E-state index contributed by atoms with van der Waals surface area (Å²) in [7, 11) is 2.82. The van der Waals surface area contributed by atoms with Crippen LogP contribution in [0.3, 0.4) is 0 Å². The number of allylic oxidation sites excluding steroid dienone is 1. The quantitative estimate of drug-likeness (QED) is 0.469. The SMILES string of the molecule is COC(=O)C1=C(C)N=c2s/c(=C\c3ccc(N4CCOCC4)o3)c(=O)n2[C@@H]1c1cc(Cl)ccc1OC. The van der Waals surface area contributed by atoms with Crippen molar-refractivity contribution in [2.45, 2.75) is 13.0 Å². The van der Waals surface area contributed by atoms with Crippen molar-refractivity contribution in [3.05, 3.63) is 77.6 Å². The summed E-state index contributed by atoms with van der Waals surface area (Å²) >= 11 is 7.53. The fraction of sp³-hybridized carbons (Fsp3) is 0.320. The van der Waals surface area contributed by atoms with Gasteiger partial charge in [0.15, 0.2) is 10.7 Å². The van der Waals surface area contributed by atoms with E-state index in [1.54, 1.807) is 31.2 Å². The van der Waals surface area contributed by atoms with E-state index in [-0.39, 0.29) is 11.1 Å². The van der Waals surface area contributed by atoms with Gasteiger partial charge in [-0.15, -0.1) is 0 Å². The molecule has 9 nitrogen and oxygen atoms in total. The Labute approximate surface area is 215 Å². The minimum atomic E-state index is -0.829. The van der Waals surface area contributed by atoms with E-state index in [4.69, 9.17) is 30.2 Å². The van der Waals surface area contributed by atoms with Gasteiger partial charge in [-0.1, -0.05) is 22.9 Å². The summed E-state index contributed by atoms with van der Waals surface area (Å²) < 4.78 is 23.9. The van der Waals surface area contributed by atoms with Gasteiger partial charge in [0.25, 0.3) is 5.56 Å². The Balaban J connectivity index is 1.66. The summed E-state index contributed by atoms with van der Waals surface area (Å²) in [5.41, 5.74) is 0.933. The molecule has 36 heavy (non-hydrogen) atoms. The van der Waals surface area contributed by atoms with Gasteiger partial charge in [0, 0.05) is 35.8 Å². The zero-order valence-electron chi connectivity index (χ0n) is 19.9. The number of carbonyl (C=O) groups is 1. The summed E-state index contributed by atoms with van der Waals surface area (Å²) in [6, 6.07) is 7.95. The number of hydrogen-bond donors (Lipinski definition) is 0. The number of morpholine rings is 1. The molecule has 0 saturated carbocycles. The zero-order chi connectivity index (χ0) is 25.4. The van der Waals surface area contributed by atoms with E-state index in [9.17, 15) is 9.59 Å². The van der Waals surface area contributed by atoms with Gasteiger partial charge < -0.3 is 23.5 Å². The number of benzene rings is 1. The second-order valence-electron chi connectivity index (χ2n) is 8.24. The van der Waals surface area contributed by atoms with Crippen LogP contribution in [-0.2, 0) is 14.3 Å². The van der Waals surface area contributed by atoms with Crippen molar-refractivity contribution in [1.29, 1.82) is 0 Å². The summed E-state index contributed by atoms with van der Waals surface area (Å²) in [5, 5.41) is 0.443. The van der Waals surface area contributed by atoms with Gasteiger partial charge in [-0.05, 0) is 31.2 Å². The molecule has 0 aliphatic carbocycles. The highest BCUT2D eigenvalue weighted by Gasteiger charge is 2.35. The molecule has 2 aliphatic heterocycles. The average Bonchev–Trinajstić information content (AvgIpc) is 3.48. The second kappa shape index (κ2) is 9.96. The maximum absolute atomic E-state index is 13.7. The van der Waals surface area contributed by atoms with Gasteiger partial charge in [0.05, 0.1) is 43.2 Å². The van der Waals surface area contributed by atoms with Crippen LogP contribution in [-0.4, -0.2) is 51.1 Å². The van der Waals surface area contributed by atoms with E-state index < -0.39 is 12.0 Å². The predicted molar refractivity (Wildman–Crippen MR) is 136 cm³/mol. The molecule has 0 spiro atoms. The summed E-state index contributed by atoms with van der Waals surface area (Å²) in [5.74, 6) is 1.17. The van der Waals surface area contributed by atoms with Crippen LogP contribution >= 0.6 is 22.9 Å². The number of nitrogens with zero attached hydrogens (tertiary/aromatic N) is 3. The number of anilines is 1. The van der Waals surface area contributed by atoms with Gasteiger partial charge in [-0.25, -0.2) is 9.79 Å². The highest BCUT2D eigenvalue weighted by Crippen LogP contribution is 2.37. The van der Waals surface area contributed by atoms with E-state index in [1.165, 1.54) is 30.1 Å². The first kappa shape index (κ1) is 24.4. The molecule has 0 amide bonds. The fourth-order valence-electron chi connectivity index (χ4n) is 4.41. The summed E-state index contributed by atoms with van der Waals surface area (Å²) in [4.78, 5) is 33.7. The minimum Gasteiger partial charge on any atom is -0.496 e. The van der Waals surface area contributed by atoms with E-state index in [1.807, 2.05) is 12.1 Å². The van der Waals surface area contributed by atoms with E-state index >= 15 is 0 Å². The number of furan rings is 1. The van der Waals surface area contributed by atoms with Gasteiger partial charge in [-0.2, -0.15) is 0 Å². The molecule has 1 aromatic carbocycles. The Kier molecular flexibility index (Phi) is 6.74. The number of carbonyl (C=O) groups excluding carboxylic acids is 1. The highest BCUT2D eigenvalue weighted by atomic mass is 35.5. The third-order valence-corrected chi connectivity index (χ3v) is 7.34. The molecule has 2 aliphatic rings. The van der Waals surface area contributed by atoms with Crippen LogP contribution in [0.5, 0.6) is 5.75 Å². The van der Waals surface area contributed by atoms with Crippen molar-refractivity contribution in [3.63, 3.8) is 0 Å². The van der Waals surface area contributed by atoms with Crippen molar-refractivity contribution in [2.75, 3.05) is 45.4 Å². The van der Waals surface area contributed by atoms with Crippen LogP contribution in [0, 0.1) is 0 Å². The molecule has 5 rings (SSSR count). The standard InChI is InChI=1S/C25H24ClN3O6S/c1-14-21(24(31)33-3)22(17-12-15(26)4-6-18(17)32-2)29-23(30)19(36-25(29)27-14)13-16-5-7-20(35-16)28-8-10-34-11-9-28/h4-7,12-13,22H,8-11H2,1-3H3/b19-13-/t22-/m1/s1. The Morgan fingerprint density at radius 1 is 1.22 bits per heavy atom.